The van der Waals surface area contributed by atoms with E-state index in [4.69, 9.17) is 32.8 Å². The zero-order valence-electron chi connectivity index (χ0n) is 39.6. The normalized spacial score (nSPS) is 18.3. The Morgan fingerprint density at radius 2 is 0.897 bits per heavy atom. The Balaban J connectivity index is 1.39. The van der Waals surface area contributed by atoms with E-state index in [-0.39, 0.29) is 33.6 Å². The van der Waals surface area contributed by atoms with Gasteiger partial charge in [0.1, 0.15) is 11.5 Å². The van der Waals surface area contributed by atoms with Crippen molar-refractivity contribution in [1.82, 2.24) is 0 Å². The van der Waals surface area contributed by atoms with E-state index in [1.54, 1.807) is 78.9 Å². The van der Waals surface area contributed by atoms with Gasteiger partial charge < -0.3 is 32.8 Å². The Bertz CT molecular complexity index is 2580. The highest BCUT2D eigenvalue weighted by atomic mass is 28.4. The van der Waals surface area contributed by atoms with Crippen LogP contribution in [0.5, 0.6) is 11.5 Å². The van der Waals surface area contributed by atoms with Crippen LogP contribution in [0.2, 0.25) is 5.04 Å². The minimum atomic E-state index is -3.12. The third-order valence-electron chi connectivity index (χ3n) is 12.0. The maximum Gasteiger partial charge on any atom is 0.339 e. The Hall–Kier alpha value is -7.02. The second-order valence-electron chi connectivity index (χ2n) is 18.3. The van der Waals surface area contributed by atoms with Gasteiger partial charge in [-0.25, -0.2) is 19.2 Å². The summed E-state index contributed by atoms with van der Waals surface area (Å²) >= 11 is 0. The minimum Gasteiger partial charge on any atom is -0.534 e. The number of hydrogen-bond donors (Lipinski definition) is 0. The SMILES string of the molecule is COC(=O)C1OC(Oc2c(C(C)C)cc(O[Si](c3ccccc3)(c3ccccc3)C(C)(C)C)cc2C(C)C)C(OC(=O)c2ccccc2)C(OC(=O)c2ccccc2)C1OC(=O)c1ccccc1. The molecule has 0 aromatic heterocycles. The first kappa shape index (κ1) is 48.9. The van der Waals surface area contributed by atoms with Crippen LogP contribution in [-0.2, 0) is 28.5 Å². The summed E-state index contributed by atoms with van der Waals surface area (Å²) in [6.45, 7) is 14.7. The molecule has 5 unspecified atom stereocenters. The van der Waals surface area contributed by atoms with Crippen LogP contribution in [-0.4, -0.2) is 70.0 Å². The van der Waals surface area contributed by atoms with Gasteiger partial charge in [-0.3, -0.25) is 0 Å². The lowest BCUT2D eigenvalue weighted by atomic mass is 9.93. The molecular formula is C56H58O11Si. The molecule has 11 nitrogen and oxygen atoms in total. The van der Waals surface area contributed by atoms with Gasteiger partial charge in [0.05, 0.1) is 23.8 Å². The highest BCUT2D eigenvalue weighted by Crippen LogP contribution is 2.44. The number of esters is 4. The van der Waals surface area contributed by atoms with Gasteiger partial charge in [0.2, 0.25) is 12.4 Å². The van der Waals surface area contributed by atoms with Crippen LogP contribution < -0.4 is 19.5 Å². The van der Waals surface area contributed by atoms with Crippen LogP contribution in [0.3, 0.4) is 0 Å². The largest absolute Gasteiger partial charge is 0.534 e. The number of methoxy groups -OCH3 is 1. The molecule has 1 heterocycles. The summed E-state index contributed by atoms with van der Waals surface area (Å²) in [5.41, 5.74) is 1.91. The van der Waals surface area contributed by atoms with E-state index < -0.39 is 62.9 Å². The molecular weight excluding hydrogens is 877 g/mol. The maximum atomic E-state index is 14.2. The Labute approximate surface area is 399 Å². The molecule has 0 amide bonds. The van der Waals surface area contributed by atoms with Crippen molar-refractivity contribution in [3.63, 3.8) is 0 Å². The molecule has 0 bridgehead atoms. The molecule has 1 saturated heterocycles. The summed E-state index contributed by atoms with van der Waals surface area (Å²) in [5.74, 6) is -2.83. The van der Waals surface area contributed by atoms with E-state index >= 15 is 0 Å². The number of benzene rings is 6. The van der Waals surface area contributed by atoms with Gasteiger partial charge in [0, 0.05) is 11.1 Å². The van der Waals surface area contributed by atoms with Gasteiger partial charge in [-0.1, -0.05) is 164 Å². The van der Waals surface area contributed by atoms with E-state index in [9.17, 15) is 19.2 Å². The molecule has 1 aliphatic rings. The van der Waals surface area contributed by atoms with E-state index in [0.717, 1.165) is 28.6 Å². The smallest absolute Gasteiger partial charge is 0.339 e. The number of carbonyl (C=O) groups excluding carboxylic acids is 4. The van der Waals surface area contributed by atoms with Crippen molar-refractivity contribution < 1.29 is 52.0 Å². The molecule has 12 heteroatoms. The van der Waals surface area contributed by atoms with Crippen molar-refractivity contribution in [2.24, 2.45) is 0 Å². The fourth-order valence-electron chi connectivity index (χ4n) is 8.54. The summed E-state index contributed by atoms with van der Waals surface area (Å²) in [7, 11) is -1.96. The molecule has 0 aliphatic carbocycles. The lowest BCUT2D eigenvalue weighted by Crippen LogP contribution is -2.68. The molecule has 1 fully saturated rings. The predicted molar refractivity (Wildman–Crippen MR) is 261 cm³/mol. The fourth-order valence-corrected chi connectivity index (χ4v) is 12.9. The number of carbonyl (C=O) groups is 4. The van der Waals surface area contributed by atoms with Crippen molar-refractivity contribution in [3.05, 3.63) is 192 Å². The zero-order valence-corrected chi connectivity index (χ0v) is 40.6. The van der Waals surface area contributed by atoms with E-state index in [1.165, 1.54) is 12.1 Å². The van der Waals surface area contributed by atoms with Gasteiger partial charge in [-0.05, 0) is 75.8 Å². The average Bonchev–Trinajstić information content (AvgIpc) is 3.35. The van der Waals surface area contributed by atoms with Crippen molar-refractivity contribution in [2.75, 3.05) is 7.11 Å². The molecule has 0 saturated carbocycles. The van der Waals surface area contributed by atoms with Crippen molar-refractivity contribution >= 4 is 42.6 Å². The molecule has 352 valence electrons. The molecule has 1 aliphatic heterocycles. The highest BCUT2D eigenvalue weighted by molar-refractivity contribution is 7.00. The summed E-state index contributed by atoms with van der Waals surface area (Å²) in [6, 6.07) is 49.1. The molecule has 6 aromatic carbocycles. The molecule has 6 aromatic rings. The second-order valence-corrected chi connectivity index (χ2v) is 22.5. The Kier molecular flexibility index (Phi) is 15.3. The van der Waals surface area contributed by atoms with Crippen LogP contribution >= 0.6 is 0 Å². The van der Waals surface area contributed by atoms with Crippen LogP contribution in [0.4, 0.5) is 0 Å². The maximum absolute atomic E-state index is 14.2. The summed E-state index contributed by atoms with van der Waals surface area (Å²) in [6.07, 6.45) is -8.41. The Morgan fingerprint density at radius 1 is 0.529 bits per heavy atom. The summed E-state index contributed by atoms with van der Waals surface area (Å²) in [5, 5.41) is 1.85. The second kappa shape index (κ2) is 21.3. The van der Waals surface area contributed by atoms with Gasteiger partial charge in [0.15, 0.2) is 18.3 Å². The third kappa shape index (κ3) is 10.6. The van der Waals surface area contributed by atoms with E-state index in [2.05, 4.69) is 45.0 Å². The third-order valence-corrected chi connectivity index (χ3v) is 16.9. The highest BCUT2D eigenvalue weighted by Gasteiger charge is 2.57. The van der Waals surface area contributed by atoms with Crippen molar-refractivity contribution in [1.29, 1.82) is 0 Å². The zero-order chi connectivity index (χ0) is 48.6. The molecule has 7 rings (SSSR count). The minimum absolute atomic E-state index is 0.143. The van der Waals surface area contributed by atoms with Crippen LogP contribution in [0.25, 0.3) is 0 Å². The van der Waals surface area contributed by atoms with Gasteiger partial charge in [-0.2, -0.15) is 0 Å². The standard InChI is InChI=1S/C56H58O11Si/c1-36(2)44-34-41(67-68(56(5,6)7,42-30-20-12-21-31-42)43-32-22-13-23-33-43)35-45(37(3)4)46(44)65-55-50(64-53(59)40-28-18-11-19-29-40)48(63-52(58)39-26-16-10-17-27-39)47(49(66-55)54(60)61-8)62-51(57)38-24-14-9-15-25-38/h9-37,47-50,55H,1-8H3. The summed E-state index contributed by atoms with van der Waals surface area (Å²) < 4.78 is 44.9. The van der Waals surface area contributed by atoms with Crippen molar-refractivity contribution in [3.8, 4) is 11.5 Å². The van der Waals surface area contributed by atoms with Crippen LogP contribution in [0.15, 0.2) is 164 Å². The molecule has 0 radical (unpaired) electrons. The van der Waals surface area contributed by atoms with E-state index in [0.29, 0.717) is 11.5 Å². The quantitative estimate of drug-likeness (QED) is 0.0554. The lowest BCUT2D eigenvalue weighted by Gasteiger charge is -2.44. The topological polar surface area (TPSA) is 133 Å². The average molecular weight is 935 g/mol. The number of rotatable bonds is 15. The summed E-state index contributed by atoms with van der Waals surface area (Å²) in [4.78, 5) is 56.1. The molecule has 5 atom stereocenters. The fraction of sp³-hybridized carbons (Fsp3) is 0.286. The van der Waals surface area contributed by atoms with E-state index in [1.807, 2.05) is 76.2 Å². The van der Waals surface area contributed by atoms with Gasteiger partial charge >= 0.3 is 32.2 Å². The van der Waals surface area contributed by atoms with Gasteiger partial charge in [-0.15, -0.1) is 0 Å². The number of ether oxygens (including phenoxy) is 6. The van der Waals surface area contributed by atoms with Gasteiger partial charge in [0.25, 0.3) is 0 Å². The first-order valence-corrected chi connectivity index (χ1v) is 24.7. The monoisotopic (exact) mass is 934 g/mol. The molecule has 0 N–H and O–H groups in total. The van der Waals surface area contributed by atoms with Crippen molar-refractivity contribution in [2.45, 2.75) is 96.0 Å². The van der Waals surface area contributed by atoms with Crippen LogP contribution in [0, 0.1) is 0 Å². The number of hydrogen-bond acceptors (Lipinski definition) is 11. The Morgan fingerprint density at radius 3 is 1.26 bits per heavy atom. The first-order chi connectivity index (χ1) is 32.6. The first-order valence-electron chi connectivity index (χ1n) is 22.8. The predicted octanol–water partition coefficient (Wildman–Crippen LogP) is 9.83. The lowest BCUT2D eigenvalue weighted by molar-refractivity contribution is -0.270. The molecule has 0 spiro atoms. The molecule has 68 heavy (non-hydrogen) atoms. The van der Waals surface area contributed by atoms with Crippen LogP contribution in [0.1, 0.15) is 103 Å².